The van der Waals surface area contributed by atoms with Crippen molar-refractivity contribution in [3.05, 3.63) is 69.8 Å². The maximum Gasteiger partial charge on any atom is 0.410 e. The Morgan fingerprint density at radius 1 is 1.17 bits per heavy atom. The van der Waals surface area contributed by atoms with Crippen LogP contribution >= 0.6 is 0 Å². The molecule has 10 nitrogen and oxygen atoms in total. The number of rotatable bonds is 5. The van der Waals surface area contributed by atoms with E-state index in [0.717, 1.165) is 23.9 Å². The van der Waals surface area contributed by atoms with Crippen molar-refractivity contribution in [3.8, 4) is 5.88 Å². The van der Waals surface area contributed by atoms with Crippen molar-refractivity contribution in [2.75, 3.05) is 32.8 Å². The van der Waals surface area contributed by atoms with Gasteiger partial charge in [0.25, 0.3) is 5.69 Å². The van der Waals surface area contributed by atoms with E-state index in [1.54, 1.807) is 11.0 Å². The molecule has 188 valence electrons. The van der Waals surface area contributed by atoms with Crippen LogP contribution in [-0.2, 0) is 16.1 Å². The van der Waals surface area contributed by atoms with Crippen LogP contribution in [0.2, 0.25) is 0 Å². The number of aromatic hydroxyl groups is 1. The third kappa shape index (κ3) is 4.76. The molecule has 0 spiro atoms. The van der Waals surface area contributed by atoms with E-state index < -0.39 is 11.0 Å². The number of carbonyl (C=O) groups excluding carboxylic acids is 1. The Morgan fingerprint density at radius 2 is 1.94 bits per heavy atom. The molecule has 1 aromatic heterocycles. The van der Waals surface area contributed by atoms with Crippen molar-refractivity contribution in [2.24, 2.45) is 4.99 Å². The molecule has 3 heterocycles. The zero-order valence-electron chi connectivity index (χ0n) is 19.8. The number of nitro groups is 1. The Morgan fingerprint density at radius 3 is 2.69 bits per heavy atom. The summed E-state index contributed by atoms with van der Waals surface area (Å²) in [6, 6.07) is 14.2. The van der Waals surface area contributed by atoms with Crippen LogP contribution in [0.5, 0.6) is 5.88 Å². The van der Waals surface area contributed by atoms with E-state index >= 15 is 0 Å². The van der Waals surface area contributed by atoms with Crippen LogP contribution in [-0.4, -0.2) is 64.1 Å². The topological polar surface area (TPSA) is 119 Å². The average Bonchev–Trinajstić information content (AvgIpc) is 3.03. The Kier molecular flexibility index (Phi) is 6.86. The van der Waals surface area contributed by atoms with Gasteiger partial charge in [-0.2, -0.15) is 0 Å². The number of hydrogen-bond acceptors (Lipinski definition) is 7. The third-order valence-electron chi connectivity index (χ3n) is 6.77. The summed E-state index contributed by atoms with van der Waals surface area (Å²) >= 11 is 0. The number of carbonyl (C=O) groups is 1. The summed E-state index contributed by atoms with van der Waals surface area (Å²) in [6.07, 6.45) is 1.45. The highest BCUT2D eigenvalue weighted by molar-refractivity contribution is 6.14. The van der Waals surface area contributed by atoms with Gasteiger partial charge in [0.05, 0.1) is 22.5 Å². The number of amides is 1. The van der Waals surface area contributed by atoms with E-state index in [-0.39, 0.29) is 24.2 Å². The minimum absolute atomic E-state index is 0.0206. The Labute approximate surface area is 207 Å². The molecule has 0 aliphatic carbocycles. The van der Waals surface area contributed by atoms with Crippen LogP contribution < -0.4 is 0 Å². The van der Waals surface area contributed by atoms with Gasteiger partial charge < -0.3 is 24.0 Å². The van der Waals surface area contributed by atoms with E-state index in [9.17, 15) is 20.0 Å². The van der Waals surface area contributed by atoms with Crippen LogP contribution in [0.25, 0.3) is 10.9 Å². The largest absolute Gasteiger partial charge is 0.494 e. The average molecular weight is 493 g/mol. The van der Waals surface area contributed by atoms with Crippen LogP contribution in [0.4, 0.5) is 10.5 Å². The first kappa shape index (κ1) is 23.8. The molecular formula is C26H28N4O6. The molecule has 2 aliphatic heterocycles. The molecule has 5 rings (SSSR count). The number of nitrogens with zero attached hydrogens (tertiary/aromatic N) is 4. The van der Waals surface area contributed by atoms with E-state index in [0.29, 0.717) is 55.9 Å². The van der Waals surface area contributed by atoms with Gasteiger partial charge in [-0.1, -0.05) is 30.3 Å². The first-order valence-corrected chi connectivity index (χ1v) is 12.1. The predicted molar refractivity (Wildman–Crippen MR) is 134 cm³/mol. The van der Waals surface area contributed by atoms with Crippen LogP contribution in [0.1, 0.15) is 36.4 Å². The van der Waals surface area contributed by atoms with Crippen molar-refractivity contribution in [1.82, 2.24) is 9.47 Å². The zero-order chi connectivity index (χ0) is 25.1. The fraction of sp³-hybridized carbons (Fsp3) is 0.385. The van der Waals surface area contributed by atoms with Gasteiger partial charge >= 0.3 is 6.09 Å². The van der Waals surface area contributed by atoms with Crippen molar-refractivity contribution in [1.29, 1.82) is 0 Å². The molecule has 0 saturated carbocycles. The number of fused-ring (bicyclic) bond motifs is 1. The molecule has 0 unspecified atom stereocenters. The van der Waals surface area contributed by atoms with Gasteiger partial charge in [0, 0.05) is 62.0 Å². The minimum Gasteiger partial charge on any atom is -0.494 e. The van der Waals surface area contributed by atoms with E-state index in [4.69, 9.17) is 9.47 Å². The highest BCUT2D eigenvalue weighted by atomic mass is 16.6. The molecule has 0 atom stereocenters. The second-order valence-corrected chi connectivity index (χ2v) is 8.98. The lowest BCUT2D eigenvalue weighted by Crippen LogP contribution is -2.34. The monoisotopic (exact) mass is 492 g/mol. The van der Waals surface area contributed by atoms with E-state index in [2.05, 4.69) is 4.99 Å². The number of nitro benzene ring substituents is 1. The molecular weight excluding hydrogens is 464 g/mol. The minimum atomic E-state index is -0.439. The number of hydrogen-bond donors (Lipinski definition) is 1. The lowest BCUT2D eigenvalue weighted by atomic mass is 10.0. The van der Waals surface area contributed by atoms with Crippen molar-refractivity contribution < 1.29 is 24.3 Å². The maximum atomic E-state index is 12.7. The molecule has 2 aromatic carbocycles. The molecule has 10 heteroatoms. The maximum absolute atomic E-state index is 12.7. The van der Waals surface area contributed by atoms with Gasteiger partial charge in [-0.3, -0.25) is 15.1 Å². The van der Waals surface area contributed by atoms with E-state index in [1.807, 2.05) is 34.9 Å². The van der Waals surface area contributed by atoms with Gasteiger partial charge in [-0.15, -0.1) is 0 Å². The van der Waals surface area contributed by atoms with Gasteiger partial charge in [-0.25, -0.2) is 4.79 Å². The Hall–Kier alpha value is -3.92. The number of non-ortho nitro benzene ring substituents is 1. The van der Waals surface area contributed by atoms with Crippen LogP contribution in [0, 0.1) is 10.1 Å². The van der Waals surface area contributed by atoms with Crippen molar-refractivity contribution >= 4 is 28.4 Å². The molecule has 0 bridgehead atoms. The first-order valence-electron chi connectivity index (χ1n) is 12.1. The molecule has 1 fully saturated rings. The number of ether oxygens (including phenoxy) is 2. The highest BCUT2D eigenvalue weighted by Crippen LogP contribution is 2.40. The highest BCUT2D eigenvalue weighted by Gasteiger charge is 2.29. The van der Waals surface area contributed by atoms with Gasteiger partial charge in [0.15, 0.2) is 0 Å². The molecule has 0 radical (unpaired) electrons. The lowest BCUT2D eigenvalue weighted by Gasteiger charge is -2.25. The zero-order valence-corrected chi connectivity index (χ0v) is 19.8. The van der Waals surface area contributed by atoms with E-state index in [1.165, 1.54) is 12.1 Å². The van der Waals surface area contributed by atoms with Crippen molar-refractivity contribution in [2.45, 2.75) is 31.9 Å². The summed E-state index contributed by atoms with van der Waals surface area (Å²) in [5.74, 6) is 0.0521. The fourth-order valence-corrected chi connectivity index (χ4v) is 4.93. The molecule has 36 heavy (non-hydrogen) atoms. The Balaban J connectivity index is 1.40. The summed E-state index contributed by atoms with van der Waals surface area (Å²) in [4.78, 5) is 30.0. The quantitative estimate of drug-likeness (QED) is 0.415. The van der Waals surface area contributed by atoms with Crippen LogP contribution in [0.15, 0.2) is 53.5 Å². The Bertz CT molecular complexity index is 1300. The number of aliphatic imine (C=N–C) groups is 1. The predicted octanol–water partition coefficient (Wildman–Crippen LogP) is 4.44. The van der Waals surface area contributed by atoms with Gasteiger partial charge in [0.2, 0.25) is 5.88 Å². The summed E-state index contributed by atoms with van der Waals surface area (Å²) in [5, 5.41) is 23.5. The normalized spacial score (nSPS) is 17.0. The smallest absolute Gasteiger partial charge is 0.410 e. The lowest BCUT2D eigenvalue weighted by molar-refractivity contribution is -0.384. The summed E-state index contributed by atoms with van der Waals surface area (Å²) in [5.41, 5.74) is 2.71. The SMILES string of the molecule is O=C(OCc1ccccc1)N1CCN=C(c2c(O)n(C3CCOCC3)c3ccc([N+](=O)[O-])cc23)CC1. The molecule has 1 saturated heterocycles. The van der Waals surface area contributed by atoms with Gasteiger partial charge in [0.1, 0.15) is 6.61 Å². The second-order valence-electron chi connectivity index (χ2n) is 8.98. The number of aromatic nitrogens is 1. The summed E-state index contributed by atoms with van der Waals surface area (Å²) in [6.45, 7) is 2.46. The first-order chi connectivity index (χ1) is 17.5. The molecule has 1 amide bonds. The third-order valence-corrected chi connectivity index (χ3v) is 6.77. The molecule has 1 N–H and O–H groups in total. The fourth-order valence-electron chi connectivity index (χ4n) is 4.93. The van der Waals surface area contributed by atoms with Crippen molar-refractivity contribution in [3.63, 3.8) is 0 Å². The number of benzene rings is 2. The summed E-state index contributed by atoms with van der Waals surface area (Å²) < 4.78 is 12.8. The summed E-state index contributed by atoms with van der Waals surface area (Å²) in [7, 11) is 0. The standard InChI is InChI=1S/C26H28N4O6/c31-25-24(21-16-20(30(33)34)6-7-23(21)29(25)19-9-14-35-15-10-19)22-8-12-28(13-11-27-22)26(32)36-17-18-4-2-1-3-5-18/h1-7,16,19,31H,8-15,17H2. The van der Waals surface area contributed by atoms with Gasteiger partial charge in [-0.05, 0) is 24.5 Å². The molecule has 3 aromatic rings. The molecule has 2 aliphatic rings. The second kappa shape index (κ2) is 10.4. The van der Waals surface area contributed by atoms with Crippen LogP contribution in [0.3, 0.4) is 0 Å².